The van der Waals surface area contributed by atoms with E-state index in [2.05, 4.69) is 15.9 Å². The average Bonchev–Trinajstić information content (AvgIpc) is 2.20. The summed E-state index contributed by atoms with van der Waals surface area (Å²) in [6.07, 6.45) is 1.68. The number of aromatic nitrogens is 1. The van der Waals surface area contributed by atoms with Crippen molar-refractivity contribution in [3.05, 3.63) is 57.4 Å². The molecular formula is C11H8BrNO2. The molecule has 1 heterocycles. The third-order valence-electron chi connectivity index (χ3n) is 2.01. The Bertz CT molecular complexity index is 531. The maximum atomic E-state index is 11.6. The molecule has 0 saturated carbocycles. The van der Waals surface area contributed by atoms with Gasteiger partial charge in [-0.15, -0.1) is 0 Å². The molecule has 76 valence electrons. The van der Waals surface area contributed by atoms with E-state index in [0.29, 0.717) is 0 Å². The molecule has 3 nitrogen and oxygen atoms in total. The average molecular weight is 266 g/mol. The minimum absolute atomic E-state index is 0.116. The molecule has 0 saturated heterocycles. The van der Waals surface area contributed by atoms with Crippen LogP contribution in [0, 0.1) is 0 Å². The Kier molecular flexibility index (Phi) is 2.60. The van der Waals surface area contributed by atoms with Gasteiger partial charge in [0.05, 0.1) is 0 Å². The van der Waals surface area contributed by atoms with Crippen molar-refractivity contribution >= 4 is 15.9 Å². The van der Waals surface area contributed by atoms with Crippen LogP contribution in [-0.4, -0.2) is 9.67 Å². The minimum atomic E-state index is -0.116. The molecule has 1 N–H and O–H groups in total. The normalized spacial score (nSPS) is 10.2. The highest BCUT2D eigenvalue weighted by atomic mass is 79.9. The van der Waals surface area contributed by atoms with Crippen molar-refractivity contribution in [2.75, 3.05) is 0 Å². The second-order valence-corrected chi connectivity index (χ2v) is 3.99. The van der Waals surface area contributed by atoms with Gasteiger partial charge in [0.2, 0.25) is 0 Å². The summed E-state index contributed by atoms with van der Waals surface area (Å²) in [7, 11) is 0. The molecule has 0 radical (unpaired) electrons. The Morgan fingerprint density at radius 2 is 1.80 bits per heavy atom. The largest absolute Gasteiger partial charge is 0.508 e. The van der Waals surface area contributed by atoms with E-state index in [1.165, 1.54) is 10.6 Å². The van der Waals surface area contributed by atoms with Crippen molar-refractivity contribution in [3.63, 3.8) is 0 Å². The summed E-state index contributed by atoms with van der Waals surface area (Å²) >= 11 is 3.23. The molecule has 0 aliphatic rings. The van der Waals surface area contributed by atoms with Crippen LogP contribution in [0.5, 0.6) is 5.75 Å². The number of benzene rings is 1. The monoisotopic (exact) mass is 265 g/mol. The van der Waals surface area contributed by atoms with Gasteiger partial charge in [0.1, 0.15) is 5.75 Å². The number of hydrogen-bond donors (Lipinski definition) is 1. The van der Waals surface area contributed by atoms with Crippen molar-refractivity contribution in [1.82, 2.24) is 4.57 Å². The van der Waals surface area contributed by atoms with E-state index in [4.69, 9.17) is 5.11 Å². The summed E-state index contributed by atoms with van der Waals surface area (Å²) in [6.45, 7) is 0. The molecule has 0 amide bonds. The summed E-state index contributed by atoms with van der Waals surface area (Å²) in [5.74, 6) is 0.184. The molecule has 15 heavy (non-hydrogen) atoms. The Morgan fingerprint density at radius 3 is 2.40 bits per heavy atom. The smallest absolute Gasteiger partial charge is 0.256 e. The molecule has 0 aliphatic carbocycles. The highest BCUT2D eigenvalue weighted by Crippen LogP contribution is 2.13. The van der Waals surface area contributed by atoms with Crippen LogP contribution in [0.15, 0.2) is 51.9 Å². The Labute approximate surface area is 94.7 Å². The number of aromatic hydroxyl groups is 1. The topological polar surface area (TPSA) is 42.2 Å². The zero-order valence-corrected chi connectivity index (χ0v) is 9.31. The maximum Gasteiger partial charge on any atom is 0.256 e. The molecule has 4 heteroatoms. The molecule has 0 aliphatic heterocycles. The highest BCUT2D eigenvalue weighted by molar-refractivity contribution is 9.10. The molecule has 0 atom stereocenters. The number of halogens is 1. The Morgan fingerprint density at radius 1 is 1.13 bits per heavy atom. The Hall–Kier alpha value is -1.55. The van der Waals surface area contributed by atoms with E-state index in [1.54, 1.807) is 36.5 Å². The van der Waals surface area contributed by atoms with Gasteiger partial charge in [0.25, 0.3) is 5.56 Å². The summed E-state index contributed by atoms with van der Waals surface area (Å²) in [5.41, 5.74) is 0.611. The maximum absolute atomic E-state index is 11.6. The van der Waals surface area contributed by atoms with Crippen molar-refractivity contribution in [2.45, 2.75) is 0 Å². The fourth-order valence-electron chi connectivity index (χ4n) is 1.28. The van der Waals surface area contributed by atoms with E-state index in [-0.39, 0.29) is 11.3 Å². The quantitative estimate of drug-likeness (QED) is 0.860. The lowest BCUT2D eigenvalue weighted by Crippen LogP contribution is -2.15. The first-order valence-electron chi connectivity index (χ1n) is 4.34. The van der Waals surface area contributed by atoms with E-state index in [1.807, 2.05) is 0 Å². The van der Waals surface area contributed by atoms with E-state index in [0.717, 1.165) is 10.2 Å². The van der Waals surface area contributed by atoms with Crippen LogP contribution in [0.1, 0.15) is 0 Å². The Balaban J connectivity index is 2.55. The molecule has 2 rings (SSSR count). The van der Waals surface area contributed by atoms with E-state index in [9.17, 15) is 4.79 Å². The molecular weight excluding hydrogens is 258 g/mol. The third-order valence-corrected chi connectivity index (χ3v) is 2.50. The second kappa shape index (κ2) is 3.90. The van der Waals surface area contributed by atoms with Gasteiger partial charge in [-0.05, 0) is 30.3 Å². The SMILES string of the molecule is O=c1cc(Br)ccn1-c1ccc(O)cc1. The first kappa shape index (κ1) is 9.98. The van der Waals surface area contributed by atoms with Gasteiger partial charge >= 0.3 is 0 Å². The number of phenolic OH excluding ortho intramolecular Hbond substituents is 1. The fraction of sp³-hybridized carbons (Fsp3) is 0. The van der Waals surface area contributed by atoms with Crippen molar-refractivity contribution in [1.29, 1.82) is 0 Å². The fourth-order valence-corrected chi connectivity index (χ4v) is 1.60. The van der Waals surface area contributed by atoms with Crippen LogP contribution in [0.4, 0.5) is 0 Å². The zero-order valence-electron chi connectivity index (χ0n) is 7.72. The van der Waals surface area contributed by atoms with Gasteiger partial charge in [-0.1, -0.05) is 15.9 Å². The summed E-state index contributed by atoms with van der Waals surface area (Å²) in [6, 6.07) is 9.74. The molecule has 2 aromatic rings. The van der Waals surface area contributed by atoms with Gasteiger partial charge in [0.15, 0.2) is 0 Å². The van der Waals surface area contributed by atoms with Crippen molar-refractivity contribution in [3.8, 4) is 11.4 Å². The van der Waals surface area contributed by atoms with Gasteiger partial charge < -0.3 is 5.11 Å². The lowest BCUT2D eigenvalue weighted by molar-refractivity contribution is 0.475. The number of hydrogen-bond acceptors (Lipinski definition) is 2. The first-order chi connectivity index (χ1) is 7.16. The van der Waals surface area contributed by atoms with Crippen LogP contribution in [0.3, 0.4) is 0 Å². The molecule has 1 aromatic heterocycles. The predicted octanol–water partition coefficient (Wildman–Crippen LogP) is 2.31. The number of phenols is 1. The van der Waals surface area contributed by atoms with Gasteiger partial charge in [-0.3, -0.25) is 9.36 Å². The first-order valence-corrected chi connectivity index (χ1v) is 5.14. The number of pyridine rings is 1. The molecule has 0 unspecified atom stereocenters. The minimum Gasteiger partial charge on any atom is -0.508 e. The van der Waals surface area contributed by atoms with E-state index < -0.39 is 0 Å². The van der Waals surface area contributed by atoms with Gasteiger partial charge in [-0.2, -0.15) is 0 Å². The second-order valence-electron chi connectivity index (χ2n) is 3.07. The predicted molar refractivity (Wildman–Crippen MR) is 61.4 cm³/mol. The van der Waals surface area contributed by atoms with Gasteiger partial charge in [0, 0.05) is 22.4 Å². The lowest BCUT2D eigenvalue weighted by Gasteiger charge is -2.04. The van der Waals surface area contributed by atoms with Crippen LogP contribution in [0.2, 0.25) is 0 Å². The standard InChI is InChI=1S/C11H8BrNO2/c12-8-5-6-13(11(15)7-8)9-1-3-10(14)4-2-9/h1-7,14H. The highest BCUT2D eigenvalue weighted by Gasteiger charge is 1.99. The lowest BCUT2D eigenvalue weighted by atomic mass is 10.3. The van der Waals surface area contributed by atoms with Crippen molar-refractivity contribution < 1.29 is 5.11 Å². The van der Waals surface area contributed by atoms with Crippen LogP contribution in [-0.2, 0) is 0 Å². The van der Waals surface area contributed by atoms with Crippen LogP contribution < -0.4 is 5.56 Å². The molecule has 0 fully saturated rings. The summed E-state index contributed by atoms with van der Waals surface area (Å²) in [5, 5.41) is 9.12. The molecule has 1 aromatic carbocycles. The van der Waals surface area contributed by atoms with Crippen LogP contribution >= 0.6 is 15.9 Å². The molecule has 0 spiro atoms. The van der Waals surface area contributed by atoms with Crippen LogP contribution in [0.25, 0.3) is 5.69 Å². The van der Waals surface area contributed by atoms with Crippen molar-refractivity contribution in [2.24, 2.45) is 0 Å². The van der Waals surface area contributed by atoms with Gasteiger partial charge in [-0.25, -0.2) is 0 Å². The van der Waals surface area contributed by atoms with E-state index >= 15 is 0 Å². The third kappa shape index (κ3) is 2.10. The zero-order chi connectivity index (χ0) is 10.8. The number of nitrogens with zero attached hydrogens (tertiary/aromatic N) is 1. The number of rotatable bonds is 1. The summed E-state index contributed by atoms with van der Waals surface area (Å²) < 4.78 is 2.26. The summed E-state index contributed by atoms with van der Waals surface area (Å²) in [4.78, 5) is 11.6. The molecule has 0 bridgehead atoms.